The van der Waals surface area contributed by atoms with Crippen LogP contribution in [0.3, 0.4) is 0 Å². The zero-order valence-electron chi connectivity index (χ0n) is 9.40. The summed E-state index contributed by atoms with van der Waals surface area (Å²) in [5, 5.41) is 13.9. The number of aromatic nitrogens is 2. The number of hydrogen-bond donors (Lipinski definition) is 1. The quantitative estimate of drug-likeness (QED) is 0.748. The molecule has 3 nitrogen and oxygen atoms in total. The molecular formula is C12H18N2O. The highest BCUT2D eigenvalue weighted by Crippen LogP contribution is 2.21. The van der Waals surface area contributed by atoms with Gasteiger partial charge < -0.3 is 5.11 Å². The van der Waals surface area contributed by atoms with Crippen molar-refractivity contribution < 1.29 is 5.11 Å². The molecule has 1 aliphatic carbocycles. The minimum Gasteiger partial charge on any atom is -0.389 e. The van der Waals surface area contributed by atoms with Crippen molar-refractivity contribution in [2.45, 2.75) is 38.7 Å². The number of hydrogen-bond acceptors (Lipinski definition) is 2. The van der Waals surface area contributed by atoms with Gasteiger partial charge in [0.2, 0.25) is 0 Å². The van der Waals surface area contributed by atoms with E-state index in [1.807, 2.05) is 24.7 Å². The Morgan fingerprint density at radius 3 is 3.00 bits per heavy atom. The molecule has 15 heavy (non-hydrogen) atoms. The largest absolute Gasteiger partial charge is 0.389 e. The Labute approximate surface area is 90.4 Å². The molecule has 0 amide bonds. The van der Waals surface area contributed by atoms with E-state index in [2.05, 4.69) is 11.2 Å². The van der Waals surface area contributed by atoms with Crippen LogP contribution >= 0.6 is 0 Å². The van der Waals surface area contributed by atoms with Crippen LogP contribution in [0.5, 0.6) is 0 Å². The monoisotopic (exact) mass is 206 g/mol. The third-order valence-corrected chi connectivity index (χ3v) is 2.93. The second-order valence-electron chi connectivity index (χ2n) is 4.36. The summed E-state index contributed by atoms with van der Waals surface area (Å²) in [6, 6.07) is 2.11. The topological polar surface area (TPSA) is 38.0 Å². The molecule has 0 aliphatic heterocycles. The first kappa shape index (κ1) is 10.4. The van der Waals surface area contributed by atoms with E-state index in [0.29, 0.717) is 0 Å². The van der Waals surface area contributed by atoms with Gasteiger partial charge >= 0.3 is 0 Å². The number of nitrogens with zero attached hydrogens (tertiary/aromatic N) is 2. The molecule has 1 unspecified atom stereocenters. The van der Waals surface area contributed by atoms with Crippen LogP contribution < -0.4 is 0 Å². The van der Waals surface area contributed by atoms with Crippen LogP contribution in [-0.2, 0) is 13.5 Å². The molecule has 2 rings (SSSR count). The van der Waals surface area contributed by atoms with Gasteiger partial charge in [0.25, 0.3) is 0 Å². The minimum absolute atomic E-state index is 0.233. The van der Waals surface area contributed by atoms with Gasteiger partial charge in [-0.25, -0.2) is 0 Å². The first-order valence-corrected chi connectivity index (χ1v) is 5.52. The molecule has 0 bridgehead atoms. The van der Waals surface area contributed by atoms with Crippen LogP contribution in [0.25, 0.3) is 0 Å². The fourth-order valence-corrected chi connectivity index (χ4v) is 2.19. The summed E-state index contributed by atoms with van der Waals surface area (Å²) in [6.45, 7) is 2.01. The summed E-state index contributed by atoms with van der Waals surface area (Å²) in [4.78, 5) is 0. The average Bonchev–Trinajstić information content (AvgIpc) is 2.45. The van der Waals surface area contributed by atoms with Gasteiger partial charge in [-0.1, -0.05) is 11.6 Å². The standard InChI is InChI=1S/C12H18N2O/c1-9-6-11(14(2)13-9)7-10-4-3-5-12(15)8-10/h6,8,12,15H,3-5,7H2,1-2H3. The number of allylic oxidation sites excluding steroid dienone is 1. The Morgan fingerprint density at radius 1 is 1.60 bits per heavy atom. The zero-order valence-corrected chi connectivity index (χ0v) is 9.40. The summed E-state index contributed by atoms with van der Waals surface area (Å²) in [6.07, 6.45) is 5.82. The maximum Gasteiger partial charge on any atom is 0.0723 e. The highest BCUT2D eigenvalue weighted by Gasteiger charge is 2.12. The van der Waals surface area contributed by atoms with Crippen molar-refractivity contribution in [3.05, 3.63) is 29.1 Å². The van der Waals surface area contributed by atoms with Crippen molar-refractivity contribution in [2.24, 2.45) is 7.05 Å². The van der Waals surface area contributed by atoms with E-state index in [4.69, 9.17) is 0 Å². The molecule has 0 spiro atoms. The van der Waals surface area contributed by atoms with Gasteiger partial charge in [0.15, 0.2) is 0 Å². The SMILES string of the molecule is Cc1cc(CC2=CC(O)CCC2)n(C)n1. The molecule has 1 atom stereocenters. The lowest BCUT2D eigenvalue weighted by Crippen LogP contribution is -2.11. The van der Waals surface area contributed by atoms with Crippen molar-refractivity contribution in [1.82, 2.24) is 9.78 Å². The molecule has 0 saturated carbocycles. The third-order valence-electron chi connectivity index (χ3n) is 2.93. The summed E-state index contributed by atoms with van der Waals surface area (Å²) < 4.78 is 1.93. The number of aliphatic hydroxyl groups is 1. The molecule has 1 aromatic rings. The highest BCUT2D eigenvalue weighted by molar-refractivity contribution is 5.19. The first-order valence-electron chi connectivity index (χ1n) is 5.52. The first-order chi connectivity index (χ1) is 7.15. The van der Waals surface area contributed by atoms with Gasteiger partial charge in [-0.2, -0.15) is 5.10 Å². The van der Waals surface area contributed by atoms with Crippen LogP contribution in [0, 0.1) is 6.92 Å². The third kappa shape index (κ3) is 2.48. The van der Waals surface area contributed by atoms with E-state index < -0.39 is 0 Å². The molecule has 1 aromatic heterocycles. The predicted octanol–water partition coefficient (Wildman–Crippen LogP) is 1.74. The summed E-state index contributed by atoms with van der Waals surface area (Å²) >= 11 is 0. The van der Waals surface area contributed by atoms with Crippen LogP contribution in [0.1, 0.15) is 30.7 Å². The van der Waals surface area contributed by atoms with E-state index in [-0.39, 0.29) is 6.10 Å². The van der Waals surface area contributed by atoms with Gasteiger partial charge in [-0.15, -0.1) is 0 Å². The summed E-state index contributed by atoms with van der Waals surface area (Å²) in [5.74, 6) is 0. The molecule has 82 valence electrons. The average molecular weight is 206 g/mol. The number of aliphatic hydroxyl groups excluding tert-OH is 1. The van der Waals surface area contributed by atoms with Crippen LogP contribution in [0.15, 0.2) is 17.7 Å². The van der Waals surface area contributed by atoms with E-state index in [1.165, 1.54) is 11.3 Å². The van der Waals surface area contributed by atoms with E-state index in [9.17, 15) is 5.11 Å². The Kier molecular flexibility index (Phi) is 2.91. The molecule has 1 heterocycles. The van der Waals surface area contributed by atoms with Crippen molar-refractivity contribution >= 4 is 0 Å². The Morgan fingerprint density at radius 2 is 2.40 bits per heavy atom. The van der Waals surface area contributed by atoms with E-state index >= 15 is 0 Å². The fourth-order valence-electron chi connectivity index (χ4n) is 2.19. The van der Waals surface area contributed by atoms with Crippen molar-refractivity contribution in [2.75, 3.05) is 0 Å². The number of rotatable bonds is 2. The van der Waals surface area contributed by atoms with Crippen LogP contribution in [0.2, 0.25) is 0 Å². The van der Waals surface area contributed by atoms with Gasteiger partial charge in [-0.05, 0) is 32.3 Å². The Balaban J connectivity index is 2.11. The van der Waals surface area contributed by atoms with Gasteiger partial charge in [-0.3, -0.25) is 4.68 Å². The fraction of sp³-hybridized carbons (Fsp3) is 0.583. The lowest BCUT2D eigenvalue weighted by molar-refractivity contribution is 0.201. The Bertz CT molecular complexity index is 379. The molecule has 0 radical (unpaired) electrons. The van der Waals surface area contributed by atoms with Gasteiger partial charge in [0, 0.05) is 19.2 Å². The summed E-state index contributed by atoms with van der Waals surface area (Å²) in [7, 11) is 1.97. The predicted molar refractivity (Wildman–Crippen MR) is 59.6 cm³/mol. The maximum atomic E-state index is 9.53. The minimum atomic E-state index is -0.233. The van der Waals surface area contributed by atoms with E-state index in [0.717, 1.165) is 31.4 Å². The molecule has 0 fully saturated rings. The molecule has 3 heteroatoms. The maximum absolute atomic E-state index is 9.53. The summed E-state index contributed by atoms with van der Waals surface area (Å²) in [5.41, 5.74) is 3.63. The molecule has 0 aromatic carbocycles. The molecule has 0 saturated heterocycles. The van der Waals surface area contributed by atoms with Crippen molar-refractivity contribution in [3.8, 4) is 0 Å². The van der Waals surface area contributed by atoms with Gasteiger partial charge in [0.1, 0.15) is 0 Å². The highest BCUT2D eigenvalue weighted by atomic mass is 16.3. The van der Waals surface area contributed by atoms with Crippen LogP contribution in [-0.4, -0.2) is 21.0 Å². The van der Waals surface area contributed by atoms with Gasteiger partial charge in [0.05, 0.1) is 11.8 Å². The normalized spacial score (nSPS) is 21.5. The molecule has 1 N–H and O–H groups in total. The van der Waals surface area contributed by atoms with E-state index in [1.54, 1.807) is 0 Å². The lowest BCUT2D eigenvalue weighted by atomic mass is 9.94. The number of aryl methyl sites for hydroxylation is 2. The molecule has 1 aliphatic rings. The van der Waals surface area contributed by atoms with Crippen LogP contribution in [0.4, 0.5) is 0 Å². The zero-order chi connectivity index (χ0) is 10.8. The van der Waals surface area contributed by atoms with Crippen molar-refractivity contribution in [3.63, 3.8) is 0 Å². The lowest BCUT2D eigenvalue weighted by Gasteiger charge is -2.16. The molecular weight excluding hydrogens is 188 g/mol. The Hall–Kier alpha value is -1.09. The second-order valence-corrected chi connectivity index (χ2v) is 4.36. The van der Waals surface area contributed by atoms with Crippen molar-refractivity contribution in [1.29, 1.82) is 0 Å². The smallest absolute Gasteiger partial charge is 0.0723 e. The second kappa shape index (κ2) is 4.19.